The Hall–Kier alpha value is -1.04. The van der Waals surface area contributed by atoms with Gasteiger partial charge in [-0.3, -0.25) is 0 Å². The van der Waals surface area contributed by atoms with Crippen molar-refractivity contribution in [2.24, 2.45) is 0 Å². The van der Waals surface area contributed by atoms with Crippen LogP contribution in [0.25, 0.3) is 0 Å². The summed E-state index contributed by atoms with van der Waals surface area (Å²) in [5.41, 5.74) is 5.32. The van der Waals surface area contributed by atoms with Crippen molar-refractivity contribution in [3.63, 3.8) is 0 Å². The molecule has 0 N–H and O–H groups in total. The predicted molar refractivity (Wildman–Crippen MR) is 76.3 cm³/mol. The summed E-state index contributed by atoms with van der Waals surface area (Å²) in [6, 6.07) is 4.46. The highest BCUT2D eigenvalue weighted by Crippen LogP contribution is 2.16. The third kappa shape index (κ3) is 4.77. The Balaban J connectivity index is 2.53. The van der Waals surface area contributed by atoms with Crippen molar-refractivity contribution in [2.75, 3.05) is 0 Å². The van der Waals surface area contributed by atoms with Crippen molar-refractivity contribution >= 4 is 0 Å². The highest BCUT2D eigenvalue weighted by molar-refractivity contribution is 5.40. The van der Waals surface area contributed by atoms with Crippen LogP contribution in [0.15, 0.2) is 18.2 Å². The highest BCUT2D eigenvalue weighted by Gasteiger charge is 1.99. The van der Waals surface area contributed by atoms with Gasteiger partial charge in [-0.25, -0.2) is 0 Å². The van der Waals surface area contributed by atoms with Crippen LogP contribution in [0, 0.1) is 26.8 Å². The van der Waals surface area contributed by atoms with Gasteiger partial charge in [-0.1, -0.05) is 50.0 Å². The number of unbranched alkanes of at least 4 members (excludes halogenated alkanes) is 4. The molecule has 0 saturated heterocycles. The zero-order valence-electron chi connectivity index (χ0n) is 11.8. The molecular formula is C17H25. The van der Waals surface area contributed by atoms with Crippen LogP contribution in [0.2, 0.25) is 0 Å². The summed E-state index contributed by atoms with van der Waals surface area (Å²) < 4.78 is 0. The minimum Gasteiger partial charge on any atom is -0.0760 e. The third-order valence-corrected chi connectivity index (χ3v) is 3.27. The molecule has 93 valence electrons. The average molecular weight is 229 g/mol. The molecule has 0 spiro atoms. The van der Waals surface area contributed by atoms with Crippen molar-refractivity contribution < 1.29 is 0 Å². The molecular weight excluding hydrogens is 204 g/mol. The fourth-order valence-corrected chi connectivity index (χ4v) is 2.04. The molecule has 0 aromatic heterocycles. The highest BCUT2D eigenvalue weighted by atomic mass is 14.0. The van der Waals surface area contributed by atoms with Crippen molar-refractivity contribution in [1.29, 1.82) is 0 Å². The van der Waals surface area contributed by atoms with E-state index in [9.17, 15) is 0 Å². The lowest BCUT2D eigenvalue weighted by atomic mass is 9.99. The van der Waals surface area contributed by atoms with E-state index in [1.54, 1.807) is 0 Å². The Morgan fingerprint density at radius 3 is 2.53 bits per heavy atom. The zero-order chi connectivity index (χ0) is 12.7. The number of allylic oxidation sites excluding steroid dienone is 1. The van der Waals surface area contributed by atoms with Crippen LogP contribution in [-0.4, -0.2) is 0 Å². The molecule has 0 saturated carbocycles. The average Bonchev–Trinajstić information content (AvgIpc) is 2.29. The molecule has 0 nitrogen and oxygen atoms in total. The van der Waals surface area contributed by atoms with E-state index in [-0.39, 0.29) is 0 Å². The van der Waals surface area contributed by atoms with Crippen LogP contribution in [0.4, 0.5) is 0 Å². The minimum absolute atomic E-state index is 1.16. The Bertz CT molecular complexity index is 372. The molecule has 0 amide bonds. The number of hydrogen-bond donors (Lipinski definition) is 0. The van der Waals surface area contributed by atoms with E-state index in [1.807, 2.05) is 0 Å². The number of hydrogen-bond acceptors (Lipinski definition) is 0. The summed E-state index contributed by atoms with van der Waals surface area (Å²) in [7, 11) is 0. The topological polar surface area (TPSA) is 0 Å². The fraction of sp³-hybridized carbons (Fsp3) is 0.529. The second kappa shape index (κ2) is 7.32. The predicted octanol–water partition coefficient (Wildman–Crippen LogP) is 5.29. The maximum Gasteiger partial charge on any atom is -0.0146 e. The van der Waals surface area contributed by atoms with Gasteiger partial charge in [0.1, 0.15) is 0 Å². The van der Waals surface area contributed by atoms with Gasteiger partial charge in [0, 0.05) is 0 Å². The van der Waals surface area contributed by atoms with E-state index >= 15 is 0 Å². The maximum absolute atomic E-state index is 3.45. The van der Waals surface area contributed by atoms with E-state index in [0.717, 1.165) is 6.42 Å². The first-order chi connectivity index (χ1) is 8.15. The van der Waals surface area contributed by atoms with Gasteiger partial charge in [-0.15, -0.1) is 0 Å². The minimum atomic E-state index is 1.16. The summed E-state index contributed by atoms with van der Waals surface area (Å²) in [6.45, 7) is 8.76. The van der Waals surface area contributed by atoms with Gasteiger partial charge in [0.25, 0.3) is 0 Å². The molecule has 0 heterocycles. The summed E-state index contributed by atoms with van der Waals surface area (Å²) in [5, 5.41) is 0. The third-order valence-electron chi connectivity index (χ3n) is 3.27. The smallest absolute Gasteiger partial charge is 0.0146 e. The Labute approximate surface area is 107 Å². The molecule has 0 fully saturated rings. The summed E-state index contributed by atoms with van der Waals surface area (Å²) in [4.78, 5) is 0. The molecule has 0 aliphatic heterocycles. The van der Waals surface area contributed by atoms with Gasteiger partial charge in [-0.05, 0) is 56.4 Å². The first kappa shape index (κ1) is 14.0. The second-order valence-corrected chi connectivity index (χ2v) is 4.95. The number of benzene rings is 1. The normalized spacial score (nSPS) is 11.3. The zero-order valence-corrected chi connectivity index (χ0v) is 11.8. The lowest BCUT2D eigenvalue weighted by molar-refractivity contribution is 0.674. The SMILES string of the molecule is CCCCCC/C=[C]\c1cc(C)cc(C)c1C. The Morgan fingerprint density at radius 1 is 1.06 bits per heavy atom. The molecule has 1 aromatic rings. The van der Waals surface area contributed by atoms with Gasteiger partial charge in [0.2, 0.25) is 0 Å². The lowest BCUT2D eigenvalue weighted by Gasteiger charge is -2.06. The van der Waals surface area contributed by atoms with E-state index in [4.69, 9.17) is 0 Å². The molecule has 1 aromatic carbocycles. The Morgan fingerprint density at radius 2 is 1.82 bits per heavy atom. The van der Waals surface area contributed by atoms with Crippen LogP contribution in [-0.2, 0) is 0 Å². The number of aryl methyl sites for hydroxylation is 2. The first-order valence-corrected chi connectivity index (χ1v) is 6.81. The van der Waals surface area contributed by atoms with Crippen LogP contribution in [0.5, 0.6) is 0 Å². The van der Waals surface area contributed by atoms with Crippen LogP contribution < -0.4 is 0 Å². The largest absolute Gasteiger partial charge is 0.0760 e. The quantitative estimate of drug-likeness (QED) is 0.581. The molecule has 17 heavy (non-hydrogen) atoms. The van der Waals surface area contributed by atoms with Crippen LogP contribution in [0.3, 0.4) is 0 Å². The maximum atomic E-state index is 3.45. The molecule has 0 aliphatic rings. The Kier molecular flexibility index (Phi) is 6.04. The lowest BCUT2D eigenvalue weighted by Crippen LogP contribution is -1.89. The van der Waals surface area contributed by atoms with E-state index in [1.165, 1.54) is 47.9 Å². The van der Waals surface area contributed by atoms with Crippen molar-refractivity contribution in [1.82, 2.24) is 0 Å². The molecule has 0 aliphatic carbocycles. The van der Waals surface area contributed by atoms with Crippen LogP contribution >= 0.6 is 0 Å². The fourth-order valence-electron chi connectivity index (χ4n) is 2.04. The molecule has 0 atom stereocenters. The van der Waals surface area contributed by atoms with E-state index < -0.39 is 0 Å². The summed E-state index contributed by atoms with van der Waals surface area (Å²) in [6.07, 6.45) is 12.1. The van der Waals surface area contributed by atoms with Gasteiger partial charge in [0.05, 0.1) is 0 Å². The summed E-state index contributed by atoms with van der Waals surface area (Å²) >= 11 is 0. The van der Waals surface area contributed by atoms with E-state index in [0.29, 0.717) is 0 Å². The van der Waals surface area contributed by atoms with Crippen molar-refractivity contribution in [3.8, 4) is 0 Å². The van der Waals surface area contributed by atoms with Gasteiger partial charge >= 0.3 is 0 Å². The monoisotopic (exact) mass is 229 g/mol. The molecule has 1 rings (SSSR count). The standard InChI is InChI=1S/C17H25/c1-5-6-7-8-9-10-11-17-13-14(2)12-15(3)16(17)4/h10,12-13H,5-9H2,1-4H3. The number of rotatable bonds is 6. The van der Waals surface area contributed by atoms with Crippen molar-refractivity contribution in [3.05, 3.63) is 46.5 Å². The van der Waals surface area contributed by atoms with E-state index in [2.05, 4.69) is 52.0 Å². The molecule has 1 radical (unpaired) electrons. The van der Waals surface area contributed by atoms with Crippen LogP contribution in [0.1, 0.15) is 61.3 Å². The second-order valence-electron chi connectivity index (χ2n) is 4.95. The summed E-state index contributed by atoms with van der Waals surface area (Å²) in [5.74, 6) is 0. The first-order valence-electron chi connectivity index (χ1n) is 6.81. The van der Waals surface area contributed by atoms with Gasteiger partial charge in [-0.2, -0.15) is 0 Å². The van der Waals surface area contributed by atoms with Gasteiger partial charge < -0.3 is 0 Å². The molecule has 0 unspecified atom stereocenters. The molecule has 0 bridgehead atoms. The molecule has 0 heteroatoms. The van der Waals surface area contributed by atoms with Crippen molar-refractivity contribution in [2.45, 2.75) is 59.8 Å². The van der Waals surface area contributed by atoms with Gasteiger partial charge in [0.15, 0.2) is 0 Å².